The molecule has 14 nitrogen and oxygen atoms in total. The Bertz CT molecular complexity index is 973. The summed E-state index contributed by atoms with van der Waals surface area (Å²) in [6.07, 6.45) is -0.741. The first-order chi connectivity index (χ1) is 17.9. The summed E-state index contributed by atoms with van der Waals surface area (Å²) in [5, 5.41) is 34.4. The fourth-order valence-corrected chi connectivity index (χ4v) is 3.45. The average molecular weight is 538 g/mol. The van der Waals surface area contributed by atoms with Crippen molar-refractivity contribution in [1.29, 1.82) is 0 Å². The molecule has 0 bridgehead atoms. The molecule has 210 valence electrons. The molecular weight excluding hydrogens is 502 g/mol. The van der Waals surface area contributed by atoms with E-state index in [9.17, 15) is 39.0 Å². The summed E-state index contributed by atoms with van der Waals surface area (Å²) in [5.41, 5.74) is 12.0. The van der Waals surface area contributed by atoms with Gasteiger partial charge in [-0.15, -0.1) is 0 Å². The predicted molar refractivity (Wildman–Crippen MR) is 134 cm³/mol. The van der Waals surface area contributed by atoms with Gasteiger partial charge in [-0.1, -0.05) is 30.3 Å². The van der Waals surface area contributed by atoms with Crippen LogP contribution in [0.25, 0.3) is 0 Å². The van der Waals surface area contributed by atoms with E-state index in [0.717, 1.165) is 5.56 Å². The Morgan fingerprint density at radius 1 is 0.737 bits per heavy atom. The number of carbonyl (C=O) groups is 6. The van der Waals surface area contributed by atoms with Crippen LogP contribution in [-0.2, 0) is 35.2 Å². The SMILES string of the molecule is NCCCCC(NC(=O)C(CCC(=O)O)NC(=O)C(CC(=O)O)NC(=O)C(N)Cc1ccccc1)C(=O)O. The van der Waals surface area contributed by atoms with Crippen LogP contribution >= 0.6 is 0 Å². The van der Waals surface area contributed by atoms with Gasteiger partial charge in [0.2, 0.25) is 17.7 Å². The lowest BCUT2D eigenvalue weighted by molar-refractivity contribution is -0.143. The average Bonchev–Trinajstić information content (AvgIpc) is 2.85. The van der Waals surface area contributed by atoms with Crippen molar-refractivity contribution in [3.8, 4) is 0 Å². The molecule has 0 aliphatic heterocycles. The normalized spacial score (nSPS) is 13.8. The van der Waals surface area contributed by atoms with Crippen molar-refractivity contribution < 1.29 is 44.1 Å². The zero-order chi connectivity index (χ0) is 28.7. The van der Waals surface area contributed by atoms with E-state index in [4.69, 9.17) is 16.6 Å². The van der Waals surface area contributed by atoms with Crippen LogP contribution in [0.1, 0.15) is 44.1 Å². The highest BCUT2D eigenvalue weighted by molar-refractivity contribution is 5.95. The molecule has 1 rings (SSSR count). The van der Waals surface area contributed by atoms with Crippen molar-refractivity contribution in [2.75, 3.05) is 6.54 Å². The monoisotopic (exact) mass is 537 g/mol. The van der Waals surface area contributed by atoms with Gasteiger partial charge in [0.05, 0.1) is 12.5 Å². The van der Waals surface area contributed by atoms with E-state index in [-0.39, 0.29) is 12.8 Å². The zero-order valence-corrected chi connectivity index (χ0v) is 20.8. The van der Waals surface area contributed by atoms with Gasteiger partial charge in [-0.05, 0) is 44.2 Å². The molecule has 0 saturated carbocycles. The Morgan fingerprint density at radius 3 is 1.87 bits per heavy atom. The Labute approximate surface area is 219 Å². The zero-order valence-electron chi connectivity index (χ0n) is 20.8. The van der Waals surface area contributed by atoms with E-state index < -0.39 is 79.1 Å². The number of amides is 3. The number of hydrogen-bond donors (Lipinski definition) is 8. The van der Waals surface area contributed by atoms with E-state index in [1.165, 1.54) is 0 Å². The summed E-state index contributed by atoms with van der Waals surface area (Å²) >= 11 is 0. The van der Waals surface area contributed by atoms with E-state index in [2.05, 4.69) is 16.0 Å². The Balaban J connectivity index is 2.97. The molecule has 1 aromatic carbocycles. The van der Waals surface area contributed by atoms with Gasteiger partial charge in [0, 0.05) is 6.42 Å². The Hall–Kier alpha value is -4.04. The molecule has 0 aliphatic rings. The van der Waals surface area contributed by atoms with Crippen LogP contribution < -0.4 is 27.4 Å². The fraction of sp³-hybridized carbons (Fsp3) is 0.500. The van der Waals surface area contributed by atoms with Gasteiger partial charge in [-0.3, -0.25) is 24.0 Å². The number of carbonyl (C=O) groups excluding carboxylic acids is 3. The summed E-state index contributed by atoms with van der Waals surface area (Å²) < 4.78 is 0. The summed E-state index contributed by atoms with van der Waals surface area (Å²) in [7, 11) is 0. The predicted octanol–water partition coefficient (Wildman–Crippen LogP) is -1.44. The van der Waals surface area contributed by atoms with Gasteiger partial charge in [-0.25, -0.2) is 4.79 Å². The second-order valence-corrected chi connectivity index (χ2v) is 8.63. The largest absolute Gasteiger partial charge is 0.481 e. The number of carboxylic acid groups (broad SMARTS) is 3. The number of carboxylic acids is 3. The molecule has 0 radical (unpaired) electrons. The quantitative estimate of drug-likeness (QED) is 0.101. The van der Waals surface area contributed by atoms with Gasteiger partial charge in [0.25, 0.3) is 0 Å². The van der Waals surface area contributed by atoms with Gasteiger partial charge in [0.1, 0.15) is 18.1 Å². The van der Waals surface area contributed by atoms with E-state index >= 15 is 0 Å². The molecule has 38 heavy (non-hydrogen) atoms. The standard InChI is InChI=1S/C24H35N5O9/c25-11-5-4-8-17(24(37)38)28-22(35)16(9-10-19(30)31)27-23(36)18(13-20(32)33)29-21(34)15(26)12-14-6-2-1-3-7-14/h1-3,6-7,15-18H,4-5,8-13,25-26H2,(H,27,36)(H,28,35)(H,29,34)(H,30,31)(H,32,33)(H,37,38). The van der Waals surface area contributed by atoms with Crippen molar-refractivity contribution >= 4 is 35.6 Å². The highest BCUT2D eigenvalue weighted by atomic mass is 16.4. The summed E-state index contributed by atoms with van der Waals surface area (Å²) in [5.74, 6) is -6.90. The molecule has 3 amide bonds. The number of rotatable bonds is 18. The van der Waals surface area contributed by atoms with Crippen molar-refractivity contribution in [3.63, 3.8) is 0 Å². The molecule has 4 unspecified atom stereocenters. The summed E-state index contributed by atoms with van der Waals surface area (Å²) in [6.45, 7) is 0.323. The molecule has 14 heteroatoms. The topological polar surface area (TPSA) is 251 Å². The van der Waals surface area contributed by atoms with E-state index in [1.54, 1.807) is 30.3 Å². The fourth-order valence-electron chi connectivity index (χ4n) is 3.45. The van der Waals surface area contributed by atoms with E-state index in [1.807, 2.05) is 0 Å². The number of benzene rings is 1. The van der Waals surface area contributed by atoms with Crippen LogP contribution in [0.2, 0.25) is 0 Å². The van der Waals surface area contributed by atoms with Crippen LogP contribution in [0.15, 0.2) is 30.3 Å². The summed E-state index contributed by atoms with van der Waals surface area (Å²) in [6, 6.07) is 3.16. The van der Waals surface area contributed by atoms with Crippen molar-refractivity contribution in [2.45, 2.75) is 69.1 Å². The van der Waals surface area contributed by atoms with Gasteiger partial charge >= 0.3 is 17.9 Å². The number of nitrogens with two attached hydrogens (primary N) is 2. The van der Waals surface area contributed by atoms with E-state index in [0.29, 0.717) is 19.4 Å². The highest BCUT2D eigenvalue weighted by Crippen LogP contribution is 2.07. The molecule has 0 spiro atoms. The first-order valence-electron chi connectivity index (χ1n) is 12.0. The maximum Gasteiger partial charge on any atom is 0.326 e. The molecule has 10 N–H and O–H groups in total. The minimum Gasteiger partial charge on any atom is -0.481 e. The minimum atomic E-state index is -1.64. The third-order valence-corrected chi connectivity index (χ3v) is 5.49. The number of nitrogens with one attached hydrogen (secondary N) is 3. The molecule has 4 atom stereocenters. The van der Waals surface area contributed by atoms with Crippen LogP contribution in [-0.4, -0.2) is 81.7 Å². The van der Waals surface area contributed by atoms with Crippen LogP contribution in [0.3, 0.4) is 0 Å². The smallest absolute Gasteiger partial charge is 0.326 e. The lowest BCUT2D eigenvalue weighted by Gasteiger charge is -2.24. The molecular formula is C24H35N5O9. The third kappa shape index (κ3) is 12.3. The molecule has 0 saturated heterocycles. The van der Waals surface area contributed by atoms with Gasteiger partial charge in [-0.2, -0.15) is 0 Å². The lowest BCUT2D eigenvalue weighted by Crippen LogP contribution is -2.57. The number of aliphatic carboxylic acids is 3. The Morgan fingerprint density at radius 2 is 1.32 bits per heavy atom. The summed E-state index contributed by atoms with van der Waals surface area (Å²) in [4.78, 5) is 72.2. The van der Waals surface area contributed by atoms with Crippen LogP contribution in [0.5, 0.6) is 0 Å². The number of hydrogen-bond acceptors (Lipinski definition) is 8. The third-order valence-electron chi connectivity index (χ3n) is 5.49. The van der Waals surface area contributed by atoms with Crippen molar-refractivity contribution in [2.24, 2.45) is 11.5 Å². The molecule has 0 aliphatic carbocycles. The van der Waals surface area contributed by atoms with Gasteiger partial charge in [0.15, 0.2) is 0 Å². The van der Waals surface area contributed by atoms with Crippen molar-refractivity contribution in [1.82, 2.24) is 16.0 Å². The molecule has 0 fully saturated rings. The van der Waals surface area contributed by atoms with Crippen molar-refractivity contribution in [3.05, 3.63) is 35.9 Å². The van der Waals surface area contributed by atoms with Gasteiger partial charge < -0.3 is 42.7 Å². The Kier molecular flexibility index (Phi) is 14.0. The maximum atomic E-state index is 12.9. The molecule has 1 aromatic rings. The second-order valence-electron chi connectivity index (χ2n) is 8.63. The lowest BCUT2D eigenvalue weighted by atomic mass is 10.0. The molecule has 0 heterocycles. The second kappa shape index (κ2) is 16.7. The first-order valence-corrected chi connectivity index (χ1v) is 12.0. The highest BCUT2D eigenvalue weighted by Gasteiger charge is 2.31. The minimum absolute atomic E-state index is 0.0505. The number of unbranched alkanes of at least 4 members (excludes halogenated alkanes) is 1. The van der Waals surface area contributed by atoms with Crippen LogP contribution in [0.4, 0.5) is 0 Å². The molecule has 0 aromatic heterocycles. The first kappa shape index (κ1) is 32.0. The maximum absolute atomic E-state index is 12.9. The van der Waals surface area contributed by atoms with Crippen LogP contribution in [0, 0.1) is 0 Å².